The number of benzene rings is 1. The van der Waals surface area contributed by atoms with Crippen LogP contribution in [0.3, 0.4) is 0 Å². The van der Waals surface area contributed by atoms with Gasteiger partial charge in [0, 0.05) is 24.0 Å². The highest BCUT2D eigenvalue weighted by atomic mass is 16.7. The number of nitrogens with zero attached hydrogens (tertiary/aromatic N) is 4. The van der Waals surface area contributed by atoms with Crippen LogP contribution in [-0.4, -0.2) is 26.3 Å². The Hall–Kier alpha value is -3.41. The van der Waals surface area contributed by atoms with Gasteiger partial charge >= 0.3 is 0 Å². The summed E-state index contributed by atoms with van der Waals surface area (Å²) in [5.41, 5.74) is 4.52. The molecule has 122 valence electrons. The van der Waals surface area contributed by atoms with E-state index >= 15 is 0 Å². The smallest absolute Gasteiger partial charge is 0.231 e. The lowest BCUT2D eigenvalue weighted by atomic mass is 10.2. The van der Waals surface area contributed by atoms with Crippen LogP contribution in [0.15, 0.2) is 54.9 Å². The minimum Gasteiger partial charge on any atom is -0.454 e. The van der Waals surface area contributed by atoms with Gasteiger partial charge in [0.05, 0.1) is 11.4 Å². The van der Waals surface area contributed by atoms with Crippen LogP contribution in [0.2, 0.25) is 0 Å². The maximum absolute atomic E-state index is 5.50. The lowest BCUT2D eigenvalue weighted by Gasteiger charge is -2.08. The van der Waals surface area contributed by atoms with Gasteiger partial charge in [0.25, 0.3) is 0 Å². The van der Waals surface area contributed by atoms with E-state index in [0.717, 1.165) is 45.4 Å². The van der Waals surface area contributed by atoms with Crippen molar-refractivity contribution in [3.05, 3.63) is 60.7 Å². The molecule has 0 unspecified atom stereocenters. The van der Waals surface area contributed by atoms with Crippen molar-refractivity contribution in [2.45, 2.75) is 6.92 Å². The summed E-state index contributed by atoms with van der Waals surface area (Å²) in [6.07, 6.45) is 3.53. The molecular formula is C19H14N4O2. The highest BCUT2D eigenvalue weighted by molar-refractivity contribution is 5.78. The number of fused-ring (bicyclic) bond motifs is 2. The zero-order valence-electron chi connectivity index (χ0n) is 13.5. The Kier molecular flexibility index (Phi) is 2.97. The highest BCUT2D eigenvalue weighted by Gasteiger charge is 2.17. The summed E-state index contributed by atoms with van der Waals surface area (Å²) in [5.74, 6) is 2.37. The van der Waals surface area contributed by atoms with Gasteiger partial charge in [-0.15, -0.1) is 0 Å². The zero-order chi connectivity index (χ0) is 16.8. The lowest BCUT2D eigenvalue weighted by molar-refractivity contribution is 0.174. The zero-order valence-corrected chi connectivity index (χ0v) is 13.5. The van der Waals surface area contributed by atoms with Crippen molar-refractivity contribution in [1.29, 1.82) is 0 Å². The molecule has 0 saturated heterocycles. The summed E-state index contributed by atoms with van der Waals surface area (Å²) in [6, 6.07) is 13.7. The molecule has 6 nitrogen and oxygen atoms in total. The molecule has 0 atom stereocenters. The number of hydrogen-bond acceptors (Lipinski definition) is 5. The molecule has 0 spiro atoms. The third kappa shape index (κ3) is 2.22. The predicted molar refractivity (Wildman–Crippen MR) is 93.0 cm³/mol. The number of rotatable bonds is 2. The minimum absolute atomic E-state index is 0.257. The molecule has 0 fully saturated rings. The molecule has 0 saturated carbocycles. The quantitative estimate of drug-likeness (QED) is 0.563. The Balaban J connectivity index is 1.71. The molecule has 5 rings (SSSR count). The van der Waals surface area contributed by atoms with E-state index < -0.39 is 0 Å². The summed E-state index contributed by atoms with van der Waals surface area (Å²) >= 11 is 0. The van der Waals surface area contributed by atoms with E-state index in [-0.39, 0.29) is 6.79 Å². The topological polar surface area (TPSA) is 62.1 Å². The SMILES string of the molecule is Cc1nc2ccc(-c3ccncc3)nc2n1-c1ccc2c(c1)OCO2. The first-order valence-electron chi connectivity index (χ1n) is 7.96. The molecule has 1 aliphatic heterocycles. The molecule has 1 aromatic carbocycles. The van der Waals surface area contributed by atoms with E-state index in [2.05, 4.69) is 9.97 Å². The Morgan fingerprint density at radius 1 is 0.920 bits per heavy atom. The average molecular weight is 330 g/mol. The summed E-state index contributed by atoms with van der Waals surface area (Å²) in [5, 5.41) is 0. The fourth-order valence-electron chi connectivity index (χ4n) is 3.09. The summed E-state index contributed by atoms with van der Waals surface area (Å²) in [4.78, 5) is 13.5. The Bertz CT molecular complexity index is 1090. The van der Waals surface area contributed by atoms with Gasteiger partial charge in [-0.05, 0) is 43.3 Å². The van der Waals surface area contributed by atoms with Crippen LogP contribution in [0.1, 0.15) is 5.82 Å². The monoisotopic (exact) mass is 330 g/mol. The van der Waals surface area contributed by atoms with Crippen molar-refractivity contribution in [2.24, 2.45) is 0 Å². The van der Waals surface area contributed by atoms with E-state index in [0.29, 0.717) is 0 Å². The van der Waals surface area contributed by atoms with E-state index in [1.807, 2.05) is 54.0 Å². The predicted octanol–water partition coefficient (Wildman–Crippen LogP) is 3.52. The third-order valence-electron chi connectivity index (χ3n) is 4.26. The van der Waals surface area contributed by atoms with Gasteiger partial charge in [-0.2, -0.15) is 0 Å². The molecular weight excluding hydrogens is 316 g/mol. The third-order valence-corrected chi connectivity index (χ3v) is 4.26. The summed E-state index contributed by atoms with van der Waals surface area (Å²) < 4.78 is 12.9. The largest absolute Gasteiger partial charge is 0.454 e. The Morgan fingerprint density at radius 3 is 2.64 bits per heavy atom. The number of pyridine rings is 2. The van der Waals surface area contributed by atoms with Crippen molar-refractivity contribution in [3.63, 3.8) is 0 Å². The maximum Gasteiger partial charge on any atom is 0.231 e. The summed E-state index contributed by atoms with van der Waals surface area (Å²) in [6.45, 7) is 2.23. The molecule has 25 heavy (non-hydrogen) atoms. The van der Waals surface area contributed by atoms with Crippen molar-refractivity contribution >= 4 is 11.2 Å². The van der Waals surface area contributed by atoms with Crippen LogP contribution >= 0.6 is 0 Å². The van der Waals surface area contributed by atoms with E-state index in [4.69, 9.17) is 14.5 Å². The Morgan fingerprint density at radius 2 is 1.76 bits per heavy atom. The molecule has 0 bridgehead atoms. The van der Waals surface area contributed by atoms with Gasteiger partial charge in [0.1, 0.15) is 11.3 Å². The maximum atomic E-state index is 5.50. The van der Waals surface area contributed by atoms with Crippen molar-refractivity contribution in [2.75, 3.05) is 6.79 Å². The van der Waals surface area contributed by atoms with Gasteiger partial charge in [-0.25, -0.2) is 9.97 Å². The van der Waals surface area contributed by atoms with Crippen LogP contribution in [0.5, 0.6) is 11.5 Å². The highest BCUT2D eigenvalue weighted by Crippen LogP contribution is 2.35. The molecule has 0 N–H and O–H groups in total. The van der Waals surface area contributed by atoms with Crippen LogP contribution < -0.4 is 9.47 Å². The van der Waals surface area contributed by atoms with Crippen LogP contribution in [0.25, 0.3) is 28.1 Å². The molecule has 0 radical (unpaired) electrons. The molecule has 3 aromatic heterocycles. The van der Waals surface area contributed by atoms with Crippen LogP contribution in [0.4, 0.5) is 0 Å². The average Bonchev–Trinajstić information content (AvgIpc) is 3.24. The first kappa shape index (κ1) is 14.0. The minimum atomic E-state index is 0.257. The first-order chi connectivity index (χ1) is 12.3. The fraction of sp³-hybridized carbons (Fsp3) is 0.105. The van der Waals surface area contributed by atoms with Crippen molar-refractivity contribution in [1.82, 2.24) is 19.5 Å². The molecule has 1 aliphatic rings. The first-order valence-corrected chi connectivity index (χ1v) is 7.96. The number of aromatic nitrogens is 4. The van der Waals surface area contributed by atoms with Crippen molar-refractivity contribution < 1.29 is 9.47 Å². The van der Waals surface area contributed by atoms with Crippen LogP contribution in [0, 0.1) is 6.92 Å². The van der Waals surface area contributed by atoms with Gasteiger partial charge < -0.3 is 9.47 Å². The van der Waals surface area contributed by atoms with Gasteiger partial charge in [0.2, 0.25) is 6.79 Å². The van der Waals surface area contributed by atoms with Gasteiger partial charge in [0.15, 0.2) is 17.1 Å². The van der Waals surface area contributed by atoms with E-state index in [1.54, 1.807) is 12.4 Å². The van der Waals surface area contributed by atoms with Gasteiger partial charge in [-0.3, -0.25) is 9.55 Å². The molecule has 0 aliphatic carbocycles. The number of aryl methyl sites for hydroxylation is 1. The number of hydrogen-bond donors (Lipinski definition) is 0. The van der Waals surface area contributed by atoms with Gasteiger partial charge in [-0.1, -0.05) is 0 Å². The van der Waals surface area contributed by atoms with Crippen molar-refractivity contribution in [3.8, 4) is 28.4 Å². The second-order valence-corrected chi connectivity index (χ2v) is 5.81. The molecule has 0 amide bonds. The van der Waals surface area contributed by atoms with Crippen LogP contribution in [-0.2, 0) is 0 Å². The standard InChI is InChI=1S/C19H14N4O2/c1-12-21-16-4-3-15(13-6-8-20-9-7-13)22-19(16)23(12)14-2-5-17-18(10-14)25-11-24-17/h2-10H,11H2,1H3. The normalized spacial score (nSPS) is 12.7. The van der Waals surface area contributed by atoms with E-state index in [1.165, 1.54) is 0 Å². The fourth-order valence-corrected chi connectivity index (χ4v) is 3.09. The number of imidazole rings is 1. The second kappa shape index (κ2) is 5.31. The molecule has 4 heterocycles. The lowest BCUT2D eigenvalue weighted by Crippen LogP contribution is -1.99. The number of ether oxygens (including phenoxy) is 2. The molecule has 6 heteroatoms. The second-order valence-electron chi connectivity index (χ2n) is 5.81. The summed E-state index contributed by atoms with van der Waals surface area (Å²) in [7, 11) is 0. The molecule has 4 aromatic rings. The van der Waals surface area contributed by atoms with E-state index in [9.17, 15) is 0 Å². The Labute approximate surface area is 143 Å².